The van der Waals surface area contributed by atoms with E-state index in [0.29, 0.717) is 42.7 Å². The maximum absolute atomic E-state index is 13.1. The maximum atomic E-state index is 13.1. The summed E-state index contributed by atoms with van der Waals surface area (Å²) in [6, 6.07) is 30.7. The molecule has 6 heteroatoms. The number of para-hydroxylation sites is 1. The lowest BCUT2D eigenvalue weighted by Gasteiger charge is -2.16. The van der Waals surface area contributed by atoms with Gasteiger partial charge in [0.25, 0.3) is 0 Å². The number of pyridine rings is 1. The standard InChI is InChI=1S/C35H33NO5/c1-2-20-39-32-22-27(35(38)41-24-26-14-7-4-8-15-26)21-31-34(32)29(28-16-9-10-18-30(28)36-31)17-11-19-33(37)40-23-25-12-5-3-6-13-25/h3-10,12-16,18,21-22H,2,11,17,19-20,23-24H2,1H3. The molecule has 0 saturated heterocycles. The number of benzene rings is 4. The lowest BCUT2D eigenvalue weighted by atomic mass is 9.96. The van der Waals surface area contributed by atoms with Crippen molar-refractivity contribution in [2.24, 2.45) is 0 Å². The Kier molecular flexibility index (Phi) is 9.22. The largest absolute Gasteiger partial charge is 0.493 e. The number of hydrogen-bond donors (Lipinski definition) is 0. The molecular formula is C35H33NO5. The van der Waals surface area contributed by atoms with Crippen LogP contribution in [0.4, 0.5) is 0 Å². The number of esters is 2. The van der Waals surface area contributed by atoms with Crippen LogP contribution in [0, 0.1) is 0 Å². The second kappa shape index (κ2) is 13.6. The molecule has 0 fully saturated rings. The van der Waals surface area contributed by atoms with Gasteiger partial charge in [-0.3, -0.25) is 4.79 Å². The zero-order chi connectivity index (χ0) is 28.4. The first-order valence-electron chi connectivity index (χ1n) is 14.0. The highest BCUT2D eigenvalue weighted by Crippen LogP contribution is 2.35. The van der Waals surface area contributed by atoms with Gasteiger partial charge in [0.2, 0.25) is 0 Å². The van der Waals surface area contributed by atoms with Gasteiger partial charge in [-0.2, -0.15) is 0 Å². The molecule has 208 valence electrons. The molecule has 6 nitrogen and oxygen atoms in total. The van der Waals surface area contributed by atoms with Gasteiger partial charge in [-0.25, -0.2) is 9.78 Å². The lowest BCUT2D eigenvalue weighted by molar-refractivity contribution is -0.145. The van der Waals surface area contributed by atoms with Crippen molar-refractivity contribution in [3.8, 4) is 5.75 Å². The van der Waals surface area contributed by atoms with E-state index in [1.165, 1.54) is 0 Å². The molecule has 0 bridgehead atoms. The fraction of sp³-hybridized carbons (Fsp3) is 0.229. The van der Waals surface area contributed by atoms with E-state index in [1.807, 2.05) is 91.9 Å². The summed E-state index contributed by atoms with van der Waals surface area (Å²) in [5.41, 5.74) is 4.78. The molecule has 0 N–H and O–H groups in total. The number of carbonyl (C=O) groups excluding carboxylic acids is 2. The molecule has 0 aliphatic rings. The zero-order valence-corrected chi connectivity index (χ0v) is 23.2. The molecule has 0 aliphatic heterocycles. The number of ether oxygens (including phenoxy) is 3. The van der Waals surface area contributed by atoms with Crippen molar-refractivity contribution in [2.75, 3.05) is 6.61 Å². The van der Waals surface area contributed by atoms with Crippen molar-refractivity contribution in [2.45, 2.75) is 45.8 Å². The Morgan fingerprint density at radius 1 is 0.756 bits per heavy atom. The van der Waals surface area contributed by atoms with Crippen LogP contribution in [-0.4, -0.2) is 23.5 Å². The van der Waals surface area contributed by atoms with Crippen LogP contribution in [-0.2, 0) is 33.9 Å². The van der Waals surface area contributed by atoms with Crippen molar-refractivity contribution in [1.82, 2.24) is 4.98 Å². The molecule has 41 heavy (non-hydrogen) atoms. The summed E-state index contributed by atoms with van der Waals surface area (Å²) in [4.78, 5) is 30.5. The molecule has 0 spiro atoms. The highest BCUT2D eigenvalue weighted by molar-refractivity contribution is 6.04. The number of aryl methyl sites for hydroxylation is 1. The van der Waals surface area contributed by atoms with Gasteiger partial charge in [-0.05, 0) is 54.2 Å². The van der Waals surface area contributed by atoms with Crippen LogP contribution >= 0.6 is 0 Å². The molecule has 0 amide bonds. The number of rotatable bonds is 12. The molecule has 1 aromatic heterocycles. The van der Waals surface area contributed by atoms with Gasteiger partial charge in [0.1, 0.15) is 19.0 Å². The van der Waals surface area contributed by atoms with Crippen molar-refractivity contribution >= 4 is 33.7 Å². The van der Waals surface area contributed by atoms with E-state index >= 15 is 0 Å². The highest BCUT2D eigenvalue weighted by atomic mass is 16.5. The second-order valence-corrected chi connectivity index (χ2v) is 9.89. The summed E-state index contributed by atoms with van der Waals surface area (Å²) < 4.78 is 17.3. The minimum Gasteiger partial charge on any atom is -0.493 e. The zero-order valence-electron chi connectivity index (χ0n) is 23.2. The van der Waals surface area contributed by atoms with Crippen molar-refractivity contribution in [3.05, 3.63) is 119 Å². The van der Waals surface area contributed by atoms with Gasteiger partial charge < -0.3 is 14.2 Å². The number of hydrogen-bond acceptors (Lipinski definition) is 6. The Balaban J connectivity index is 1.41. The molecule has 0 atom stereocenters. The third kappa shape index (κ3) is 7.09. The predicted octanol–water partition coefficient (Wildman–Crippen LogP) is 7.60. The van der Waals surface area contributed by atoms with Crippen LogP contribution in [0.1, 0.15) is 53.2 Å². The summed E-state index contributed by atoms with van der Waals surface area (Å²) >= 11 is 0. The summed E-state index contributed by atoms with van der Waals surface area (Å²) in [7, 11) is 0. The molecule has 5 aromatic rings. The fourth-order valence-corrected chi connectivity index (χ4v) is 4.81. The van der Waals surface area contributed by atoms with E-state index < -0.39 is 5.97 Å². The quantitative estimate of drug-likeness (QED) is 0.118. The average molecular weight is 548 g/mol. The molecular weight excluding hydrogens is 514 g/mol. The van der Waals surface area contributed by atoms with Crippen LogP contribution in [0.2, 0.25) is 0 Å². The smallest absolute Gasteiger partial charge is 0.338 e. The minimum absolute atomic E-state index is 0.180. The van der Waals surface area contributed by atoms with Gasteiger partial charge in [0.05, 0.1) is 23.2 Å². The van der Waals surface area contributed by atoms with Gasteiger partial charge in [0, 0.05) is 17.2 Å². The van der Waals surface area contributed by atoms with Crippen molar-refractivity contribution in [3.63, 3.8) is 0 Å². The molecule has 1 heterocycles. The van der Waals surface area contributed by atoms with Gasteiger partial charge in [0.15, 0.2) is 0 Å². The molecule has 0 saturated carbocycles. The van der Waals surface area contributed by atoms with Crippen LogP contribution in [0.25, 0.3) is 21.8 Å². The van der Waals surface area contributed by atoms with Crippen LogP contribution in [0.3, 0.4) is 0 Å². The number of aromatic nitrogens is 1. The van der Waals surface area contributed by atoms with Crippen LogP contribution in [0.15, 0.2) is 97.1 Å². The maximum Gasteiger partial charge on any atom is 0.338 e. The summed E-state index contributed by atoms with van der Waals surface area (Å²) in [6.07, 6.45) is 2.33. The summed E-state index contributed by atoms with van der Waals surface area (Å²) in [6.45, 7) is 2.98. The Morgan fingerprint density at radius 3 is 2.12 bits per heavy atom. The first kappa shape index (κ1) is 27.8. The summed E-state index contributed by atoms with van der Waals surface area (Å²) in [5.74, 6) is -0.0758. The van der Waals surface area contributed by atoms with Crippen molar-refractivity contribution < 1.29 is 23.8 Å². The molecule has 0 radical (unpaired) electrons. The lowest BCUT2D eigenvalue weighted by Crippen LogP contribution is -2.08. The topological polar surface area (TPSA) is 74.7 Å². The van der Waals surface area contributed by atoms with E-state index in [0.717, 1.165) is 39.4 Å². The molecule has 0 aliphatic carbocycles. The third-order valence-electron chi connectivity index (χ3n) is 6.81. The van der Waals surface area contributed by atoms with Crippen LogP contribution in [0.5, 0.6) is 5.75 Å². The van der Waals surface area contributed by atoms with Gasteiger partial charge in [-0.15, -0.1) is 0 Å². The Labute approximate surface area is 239 Å². The Hall–Kier alpha value is -4.71. The molecule has 5 rings (SSSR count). The number of nitrogens with zero attached hydrogens (tertiary/aromatic N) is 1. The van der Waals surface area contributed by atoms with E-state index in [9.17, 15) is 9.59 Å². The average Bonchev–Trinajstić information content (AvgIpc) is 3.02. The number of carbonyl (C=O) groups is 2. The molecule has 4 aromatic carbocycles. The highest BCUT2D eigenvalue weighted by Gasteiger charge is 2.19. The van der Waals surface area contributed by atoms with E-state index in [1.54, 1.807) is 12.1 Å². The Morgan fingerprint density at radius 2 is 1.41 bits per heavy atom. The van der Waals surface area contributed by atoms with E-state index in [4.69, 9.17) is 19.2 Å². The SMILES string of the molecule is CCCOc1cc(C(=O)OCc2ccccc2)cc2nc3ccccc3c(CCCC(=O)OCc3ccccc3)c12. The Bertz CT molecular complexity index is 1630. The van der Waals surface area contributed by atoms with Crippen molar-refractivity contribution in [1.29, 1.82) is 0 Å². The fourth-order valence-electron chi connectivity index (χ4n) is 4.81. The summed E-state index contributed by atoms with van der Waals surface area (Å²) in [5, 5.41) is 1.85. The van der Waals surface area contributed by atoms with E-state index in [2.05, 4.69) is 0 Å². The third-order valence-corrected chi connectivity index (χ3v) is 6.81. The van der Waals surface area contributed by atoms with Gasteiger partial charge >= 0.3 is 11.9 Å². The minimum atomic E-state index is -0.435. The first-order valence-corrected chi connectivity index (χ1v) is 14.0. The second-order valence-electron chi connectivity index (χ2n) is 9.89. The number of fused-ring (bicyclic) bond motifs is 2. The van der Waals surface area contributed by atoms with E-state index in [-0.39, 0.29) is 19.2 Å². The normalized spacial score (nSPS) is 11.0. The molecule has 0 unspecified atom stereocenters. The first-order chi connectivity index (χ1) is 20.1. The monoisotopic (exact) mass is 547 g/mol. The van der Waals surface area contributed by atoms with Gasteiger partial charge in [-0.1, -0.05) is 85.8 Å². The predicted molar refractivity (Wildman–Crippen MR) is 160 cm³/mol. The van der Waals surface area contributed by atoms with Crippen LogP contribution < -0.4 is 4.74 Å².